The number of carbonyl (C=O) groups is 1. The van der Waals surface area contributed by atoms with Crippen molar-refractivity contribution in [2.75, 3.05) is 6.54 Å². The van der Waals surface area contributed by atoms with Gasteiger partial charge in [-0.15, -0.1) is 10.2 Å². The van der Waals surface area contributed by atoms with Gasteiger partial charge < -0.3 is 9.88 Å². The van der Waals surface area contributed by atoms with Crippen LogP contribution in [-0.4, -0.2) is 49.1 Å². The maximum absolute atomic E-state index is 13.6. The van der Waals surface area contributed by atoms with Crippen molar-refractivity contribution in [3.63, 3.8) is 0 Å². The largest absolute Gasteiger partial charge is 0.355 e. The lowest BCUT2D eigenvalue weighted by atomic mass is 10.2. The van der Waals surface area contributed by atoms with Crippen LogP contribution in [0.3, 0.4) is 0 Å². The first-order chi connectivity index (χ1) is 9.15. The molecular formula is C11H13FN6O. The van der Waals surface area contributed by atoms with Crippen molar-refractivity contribution in [3.8, 4) is 0 Å². The minimum absolute atomic E-state index is 0.0517. The molecule has 0 radical (unpaired) electrons. The number of carbonyl (C=O) groups excluding carboxylic acids is 1. The fourth-order valence-electron chi connectivity index (χ4n) is 2.35. The fraction of sp³-hybridized carbons (Fsp3) is 0.455. The van der Waals surface area contributed by atoms with Crippen LogP contribution in [0.1, 0.15) is 34.5 Å². The molecule has 2 unspecified atom stereocenters. The Labute approximate surface area is 108 Å². The van der Waals surface area contributed by atoms with E-state index in [-0.39, 0.29) is 18.9 Å². The van der Waals surface area contributed by atoms with Crippen LogP contribution < -0.4 is 0 Å². The summed E-state index contributed by atoms with van der Waals surface area (Å²) in [5.74, 6) is 0.0971. The highest BCUT2D eigenvalue weighted by Gasteiger charge is 2.39. The Bertz CT molecular complexity index is 580. The second kappa shape index (κ2) is 4.45. The number of aryl methyl sites for hydroxylation is 1. The maximum atomic E-state index is 13.6. The molecule has 3 rings (SSSR count). The number of rotatable bonds is 2. The molecule has 2 atom stereocenters. The van der Waals surface area contributed by atoms with Crippen molar-refractivity contribution in [1.82, 2.24) is 30.5 Å². The van der Waals surface area contributed by atoms with Crippen LogP contribution >= 0.6 is 0 Å². The number of nitrogens with zero attached hydrogens (tertiary/aromatic N) is 4. The molecule has 1 aliphatic rings. The monoisotopic (exact) mass is 264 g/mol. The van der Waals surface area contributed by atoms with E-state index in [1.165, 1.54) is 4.90 Å². The summed E-state index contributed by atoms with van der Waals surface area (Å²) >= 11 is 0. The van der Waals surface area contributed by atoms with E-state index in [0.29, 0.717) is 11.5 Å². The molecule has 2 N–H and O–H groups in total. The van der Waals surface area contributed by atoms with Gasteiger partial charge in [-0.1, -0.05) is 5.21 Å². The summed E-state index contributed by atoms with van der Waals surface area (Å²) in [7, 11) is 0. The minimum Gasteiger partial charge on any atom is -0.355 e. The number of halogens is 1. The van der Waals surface area contributed by atoms with Crippen LogP contribution in [0.5, 0.6) is 0 Å². The standard InChI is InChI=1S/C11H13FN6O/c1-6-2-3-8(13-6)11(19)18-5-7(12)4-9(18)10-14-16-17-15-10/h2-3,7,9,13H,4-5H2,1H3,(H,14,15,16,17). The molecule has 0 spiro atoms. The first-order valence-electron chi connectivity index (χ1n) is 5.99. The number of aromatic nitrogens is 5. The summed E-state index contributed by atoms with van der Waals surface area (Å²) in [5, 5.41) is 13.5. The van der Waals surface area contributed by atoms with E-state index in [0.717, 1.165) is 5.69 Å². The average Bonchev–Trinajstić information content (AvgIpc) is 3.07. The molecule has 0 bridgehead atoms. The summed E-state index contributed by atoms with van der Waals surface area (Å²) in [5.41, 5.74) is 1.33. The third kappa shape index (κ3) is 2.09. The number of H-pyrrole nitrogens is 2. The van der Waals surface area contributed by atoms with E-state index in [2.05, 4.69) is 25.6 Å². The third-order valence-corrected chi connectivity index (χ3v) is 3.23. The van der Waals surface area contributed by atoms with Crippen LogP contribution in [0, 0.1) is 6.92 Å². The van der Waals surface area contributed by atoms with Gasteiger partial charge in [-0.3, -0.25) is 4.79 Å². The van der Waals surface area contributed by atoms with Crippen LogP contribution in [0.4, 0.5) is 4.39 Å². The molecule has 0 aromatic carbocycles. The third-order valence-electron chi connectivity index (χ3n) is 3.23. The fourth-order valence-corrected chi connectivity index (χ4v) is 2.35. The van der Waals surface area contributed by atoms with E-state index in [4.69, 9.17) is 0 Å². The molecule has 7 nitrogen and oxygen atoms in total. The molecule has 1 amide bonds. The van der Waals surface area contributed by atoms with Crippen LogP contribution in [0.25, 0.3) is 0 Å². The van der Waals surface area contributed by atoms with E-state index in [1.54, 1.807) is 12.1 Å². The van der Waals surface area contributed by atoms with Crippen molar-refractivity contribution in [2.24, 2.45) is 0 Å². The first-order valence-corrected chi connectivity index (χ1v) is 5.99. The summed E-state index contributed by atoms with van der Waals surface area (Å²) in [6, 6.07) is 3.03. The molecule has 8 heteroatoms. The number of likely N-dealkylation sites (tertiary alicyclic amines) is 1. The van der Waals surface area contributed by atoms with Gasteiger partial charge in [0.25, 0.3) is 5.91 Å². The Balaban J connectivity index is 1.88. The lowest BCUT2D eigenvalue weighted by Gasteiger charge is -2.20. The minimum atomic E-state index is -1.07. The van der Waals surface area contributed by atoms with Gasteiger partial charge in [0.05, 0.1) is 12.6 Å². The van der Waals surface area contributed by atoms with Gasteiger partial charge in [0.15, 0.2) is 5.82 Å². The van der Waals surface area contributed by atoms with Crippen molar-refractivity contribution >= 4 is 5.91 Å². The highest BCUT2D eigenvalue weighted by molar-refractivity contribution is 5.93. The molecule has 2 aromatic rings. The highest BCUT2D eigenvalue weighted by Crippen LogP contribution is 2.32. The van der Waals surface area contributed by atoms with Crippen LogP contribution in [0.15, 0.2) is 12.1 Å². The van der Waals surface area contributed by atoms with Crippen molar-refractivity contribution < 1.29 is 9.18 Å². The molecule has 1 aliphatic heterocycles. The van der Waals surface area contributed by atoms with Gasteiger partial charge in [-0.25, -0.2) is 4.39 Å². The number of amides is 1. The Morgan fingerprint density at radius 1 is 1.53 bits per heavy atom. The normalized spacial score (nSPS) is 22.9. The molecule has 2 aromatic heterocycles. The molecule has 3 heterocycles. The molecule has 0 saturated carbocycles. The van der Waals surface area contributed by atoms with Crippen LogP contribution in [-0.2, 0) is 0 Å². The average molecular weight is 264 g/mol. The molecular weight excluding hydrogens is 251 g/mol. The first kappa shape index (κ1) is 11.8. The van der Waals surface area contributed by atoms with Gasteiger partial charge in [0.2, 0.25) is 0 Å². The topological polar surface area (TPSA) is 90.6 Å². The lowest BCUT2D eigenvalue weighted by Crippen LogP contribution is -2.32. The van der Waals surface area contributed by atoms with Crippen molar-refractivity contribution in [2.45, 2.75) is 25.6 Å². The van der Waals surface area contributed by atoms with Gasteiger partial charge in [-0.2, -0.15) is 5.21 Å². The van der Waals surface area contributed by atoms with E-state index in [1.807, 2.05) is 6.92 Å². The van der Waals surface area contributed by atoms with Gasteiger partial charge >= 0.3 is 0 Å². The molecule has 0 aliphatic carbocycles. The number of tetrazole rings is 1. The second-order valence-corrected chi connectivity index (χ2v) is 4.63. The van der Waals surface area contributed by atoms with Gasteiger partial charge in [-0.05, 0) is 19.1 Å². The lowest BCUT2D eigenvalue weighted by molar-refractivity contribution is 0.0717. The number of nitrogens with one attached hydrogen (secondary N) is 2. The van der Waals surface area contributed by atoms with E-state index >= 15 is 0 Å². The molecule has 19 heavy (non-hydrogen) atoms. The summed E-state index contributed by atoms with van der Waals surface area (Å²) in [4.78, 5) is 16.8. The van der Waals surface area contributed by atoms with Crippen molar-refractivity contribution in [3.05, 3.63) is 29.3 Å². The Kier molecular flexibility index (Phi) is 2.77. The molecule has 1 saturated heterocycles. The van der Waals surface area contributed by atoms with E-state index < -0.39 is 12.2 Å². The number of hydrogen-bond acceptors (Lipinski definition) is 4. The quantitative estimate of drug-likeness (QED) is 0.837. The number of aromatic amines is 2. The van der Waals surface area contributed by atoms with Gasteiger partial charge in [0, 0.05) is 12.1 Å². The summed E-state index contributed by atoms with van der Waals surface area (Å²) < 4.78 is 13.6. The van der Waals surface area contributed by atoms with Crippen molar-refractivity contribution in [1.29, 1.82) is 0 Å². The summed E-state index contributed by atoms with van der Waals surface area (Å²) in [6.07, 6.45) is -0.867. The smallest absolute Gasteiger partial charge is 0.270 e. The SMILES string of the molecule is Cc1ccc(C(=O)N2CC(F)CC2c2nn[nH]n2)[nH]1. The second-order valence-electron chi connectivity index (χ2n) is 4.63. The Morgan fingerprint density at radius 2 is 2.37 bits per heavy atom. The highest BCUT2D eigenvalue weighted by atomic mass is 19.1. The number of hydrogen-bond donors (Lipinski definition) is 2. The Hall–Kier alpha value is -2.25. The van der Waals surface area contributed by atoms with Gasteiger partial charge in [0.1, 0.15) is 11.9 Å². The molecule has 1 fully saturated rings. The predicted molar refractivity (Wildman–Crippen MR) is 63.0 cm³/mol. The predicted octanol–water partition coefficient (Wildman–Crippen LogP) is 0.762. The zero-order valence-corrected chi connectivity index (χ0v) is 10.3. The number of alkyl halides is 1. The van der Waals surface area contributed by atoms with E-state index in [9.17, 15) is 9.18 Å². The van der Waals surface area contributed by atoms with Crippen LogP contribution in [0.2, 0.25) is 0 Å². The zero-order valence-electron chi connectivity index (χ0n) is 10.3. The molecule has 100 valence electrons. The Morgan fingerprint density at radius 3 is 3.00 bits per heavy atom. The summed E-state index contributed by atoms with van der Waals surface area (Å²) in [6.45, 7) is 1.91. The zero-order chi connectivity index (χ0) is 13.4. The maximum Gasteiger partial charge on any atom is 0.270 e.